The lowest BCUT2D eigenvalue weighted by Gasteiger charge is -2.37. The third kappa shape index (κ3) is 2.41. The molecule has 2 heterocycles. The van der Waals surface area contributed by atoms with Crippen molar-refractivity contribution in [3.8, 4) is 0 Å². The molecule has 5 heteroatoms. The van der Waals surface area contributed by atoms with Crippen molar-refractivity contribution in [2.75, 3.05) is 33.7 Å². The summed E-state index contributed by atoms with van der Waals surface area (Å²) in [6, 6.07) is 0.254. The first kappa shape index (κ1) is 11.5. The average molecular weight is 224 g/mol. The fraction of sp³-hybridized carbons (Fsp3) is 0.818. The zero-order valence-corrected chi connectivity index (χ0v) is 10.2. The highest BCUT2D eigenvalue weighted by molar-refractivity contribution is 6.05. The normalized spacial score (nSPS) is 32.7. The summed E-state index contributed by atoms with van der Waals surface area (Å²) in [4.78, 5) is 20.3. The average Bonchev–Trinajstić information content (AvgIpc) is 2.52. The Hall–Kier alpha value is -0.940. The summed E-state index contributed by atoms with van der Waals surface area (Å²) in [7, 11) is 4.27. The molecule has 2 atom stereocenters. The van der Waals surface area contributed by atoms with Crippen molar-refractivity contribution in [1.29, 1.82) is 0 Å². The molecule has 0 aromatic rings. The zero-order valence-electron chi connectivity index (χ0n) is 10.2. The van der Waals surface area contributed by atoms with Crippen molar-refractivity contribution < 1.29 is 4.79 Å². The fourth-order valence-electron chi connectivity index (χ4n) is 2.22. The van der Waals surface area contributed by atoms with Crippen LogP contribution in [-0.4, -0.2) is 67.4 Å². The number of rotatable bonds is 2. The maximum atomic E-state index is 11.3. The molecular weight excluding hydrogens is 204 g/mol. The van der Waals surface area contributed by atoms with Crippen molar-refractivity contribution in [2.24, 2.45) is 4.99 Å². The Bertz CT molecular complexity index is 315. The van der Waals surface area contributed by atoms with Crippen LogP contribution in [0, 0.1) is 0 Å². The molecule has 16 heavy (non-hydrogen) atoms. The van der Waals surface area contributed by atoms with Gasteiger partial charge in [-0.05, 0) is 21.0 Å². The number of carbonyl (C=O) groups is 1. The summed E-state index contributed by atoms with van der Waals surface area (Å²) in [5, 5.41) is 2.85. The van der Waals surface area contributed by atoms with Gasteiger partial charge in [-0.3, -0.25) is 9.79 Å². The first-order valence-electron chi connectivity index (χ1n) is 5.82. The van der Waals surface area contributed by atoms with Crippen LogP contribution in [0.1, 0.15) is 13.3 Å². The highest BCUT2D eigenvalue weighted by atomic mass is 16.2. The number of amides is 1. The maximum absolute atomic E-state index is 11.3. The summed E-state index contributed by atoms with van der Waals surface area (Å²) in [5.41, 5.74) is 0. The Labute approximate surface area is 96.5 Å². The summed E-state index contributed by atoms with van der Waals surface area (Å²) in [6.07, 6.45) is 0.844. The second kappa shape index (κ2) is 4.51. The van der Waals surface area contributed by atoms with Gasteiger partial charge >= 0.3 is 0 Å². The highest BCUT2D eigenvalue weighted by Gasteiger charge is 2.28. The summed E-state index contributed by atoms with van der Waals surface area (Å²) in [6.45, 7) is 5.07. The lowest BCUT2D eigenvalue weighted by Crippen LogP contribution is -2.51. The first-order valence-corrected chi connectivity index (χ1v) is 5.82. The second-order valence-corrected chi connectivity index (χ2v) is 4.84. The number of nitrogens with one attached hydrogen (secondary N) is 1. The summed E-state index contributed by atoms with van der Waals surface area (Å²) >= 11 is 0. The van der Waals surface area contributed by atoms with E-state index in [9.17, 15) is 4.79 Å². The molecule has 1 amide bonds. The van der Waals surface area contributed by atoms with E-state index in [-0.39, 0.29) is 11.9 Å². The van der Waals surface area contributed by atoms with Crippen LogP contribution in [0.5, 0.6) is 0 Å². The zero-order chi connectivity index (χ0) is 11.7. The fourth-order valence-corrected chi connectivity index (χ4v) is 2.22. The highest BCUT2D eigenvalue weighted by Crippen LogP contribution is 2.12. The molecule has 0 spiro atoms. The van der Waals surface area contributed by atoms with E-state index < -0.39 is 0 Å². The van der Waals surface area contributed by atoms with Gasteiger partial charge in [-0.15, -0.1) is 0 Å². The van der Waals surface area contributed by atoms with Crippen molar-refractivity contribution in [3.05, 3.63) is 0 Å². The molecule has 1 fully saturated rings. The number of amidine groups is 1. The molecule has 2 aliphatic heterocycles. The van der Waals surface area contributed by atoms with E-state index >= 15 is 0 Å². The molecule has 90 valence electrons. The standard InChI is InChI=1S/C11H20N4O/c1-8-11(16)13-10(12-8)6-9-7-14(2)4-5-15(9)3/h8-9H,4-7H2,1-3H3,(H,12,13,16). The van der Waals surface area contributed by atoms with Gasteiger partial charge in [-0.25, -0.2) is 0 Å². The molecule has 0 aliphatic carbocycles. The summed E-state index contributed by atoms with van der Waals surface area (Å²) in [5.74, 6) is 0.881. The smallest absolute Gasteiger partial charge is 0.249 e. The van der Waals surface area contributed by atoms with Crippen molar-refractivity contribution in [3.63, 3.8) is 0 Å². The van der Waals surface area contributed by atoms with Crippen LogP contribution in [0.2, 0.25) is 0 Å². The van der Waals surface area contributed by atoms with E-state index in [4.69, 9.17) is 0 Å². The molecule has 2 aliphatic rings. The van der Waals surface area contributed by atoms with E-state index in [0.29, 0.717) is 6.04 Å². The predicted octanol–water partition coefficient (Wildman–Crippen LogP) is -0.461. The van der Waals surface area contributed by atoms with E-state index in [1.807, 2.05) is 6.92 Å². The lowest BCUT2D eigenvalue weighted by molar-refractivity contribution is -0.119. The third-order valence-electron chi connectivity index (χ3n) is 3.41. The van der Waals surface area contributed by atoms with Crippen LogP contribution < -0.4 is 5.32 Å². The second-order valence-electron chi connectivity index (χ2n) is 4.84. The number of hydrogen-bond acceptors (Lipinski definition) is 4. The Morgan fingerprint density at radius 3 is 2.81 bits per heavy atom. The molecule has 5 nitrogen and oxygen atoms in total. The van der Waals surface area contributed by atoms with E-state index in [2.05, 4.69) is 34.2 Å². The molecule has 0 aromatic carbocycles. The molecule has 0 saturated carbocycles. The lowest BCUT2D eigenvalue weighted by atomic mass is 10.1. The number of hydrogen-bond donors (Lipinski definition) is 1. The first-order chi connectivity index (χ1) is 7.56. The van der Waals surface area contributed by atoms with E-state index in [1.165, 1.54) is 0 Å². The van der Waals surface area contributed by atoms with Crippen molar-refractivity contribution >= 4 is 11.7 Å². The summed E-state index contributed by atoms with van der Waals surface area (Å²) < 4.78 is 0. The van der Waals surface area contributed by atoms with Gasteiger partial charge in [0.05, 0.1) is 0 Å². The van der Waals surface area contributed by atoms with E-state index in [1.54, 1.807) is 0 Å². The Morgan fingerprint density at radius 2 is 2.19 bits per heavy atom. The quantitative estimate of drug-likeness (QED) is 0.690. The molecular formula is C11H20N4O. The van der Waals surface area contributed by atoms with Crippen LogP contribution in [0.4, 0.5) is 0 Å². The molecule has 0 aromatic heterocycles. The maximum Gasteiger partial charge on any atom is 0.249 e. The predicted molar refractivity (Wildman–Crippen MR) is 63.6 cm³/mol. The van der Waals surface area contributed by atoms with Gasteiger partial charge in [0.15, 0.2) is 0 Å². The van der Waals surface area contributed by atoms with Gasteiger partial charge in [-0.2, -0.15) is 0 Å². The number of aliphatic imine (C=N–C) groups is 1. The number of carbonyl (C=O) groups excluding carboxylic acids is 1. The van der Waals surface area contributed by atoms with Gasteiger partial charge in [-0.1, -0.05) is 0 Å². The minimum absolute atomic E-state index is 0.0295. The Balaban J connectivity index is 1.94. The Kier molecular flexibility index (Phi) is 3.25. The van der Waals surface area contributed by atoms with Gasteiger partial charge in [0.1, 0.15) is 11.9 Å². The minimum atomic E-state index is -0.207. The van der Waals surface area contributed by atoms with Gasteiger partial charge in [0, 0.05) is 32.1 Å². The molecule has 1 N–H and O–H groups in total. The number of nitrogens with zero attached hydrogens (tertiary/aromatic N) is 3. The van der Waals surface area contributed by atoms with Crippen molar-refractivity contribution in [2.45, 2.75) is 25.4 Å². The van der Waals surface area contributed by atoms with Gasteiger partial charge < -0.3 is 15.1 Å². The molecule has 0 radical (unpaired) electrons. The van der Waals surface area contributed by atoms with Gasteiger partial charge in [0.25, 0.3) is 0 Å². The largest absolute Gasteiger partial charge is 0.313 e. The Morgan fingerprint density at radius 1 is 1.44 bits per heavy atom. The molecule has 0 bridgehead atoms. The molecule has 2 unspecified atom stereocenters. The van der Waals surface area contributed by atoms with Crippen LogP contribution >= 0.6 is 0 Å². The van der Waals surface area contributed by atoms with Crippen LogP contribution in [0.3, 0.4) is 0 Å². The topological polar surface area (TPSA) is 47.9 Å². The van der Waals surface area contributed by atoms with Crippen LogP contribution in [-0.2, 0) is 4.79 Å². The third-order valence-corrected chi connectivity index (χ3v) is 3.41. The molecule has 1 saturated heterocycles. The monoisotopic (exact) mass is 224 g/mol. The van der Waals surface area contributed by atoms with Crippen LogP contribution in [0.15, 0.2) is 4.99 Å². The molecule has 2 rings (SSSR count). The van der Waals surface area contributed by atoms with Crippen LogP contribution in [0.25, 0.3) is 0 Å². The number of likely N-dealkylation sites (N-methyl/N-ethyl adjacent to an activating group) is 2. The van der Waals surface area contributed by atoms with Gasteiger partial charge in [0.2, 0.25) is 5.91 Å². The van der Waals surface area contributed by atoms with E-state index in [0.717, 1.165) is 31.9 Å². The van der Waals surface area contributed by atoms with Crippen molar-refractivity contribution in [1.82, 2.24) is 15.1 Å². The minimum Gasteiger partial charge on any atom is -0.313 e. The SMILES string of the molecule is CC1N=C(CC2CN(C)CCN2C)NC1=O. The number of piperazine rings is 1.